The van der Waals surface area contributed by atoms with E-state index in [9.17, 15) is 14.0 Å². The first kappa shape index (κ1) is 15.6. The Morgan fingerprint density at radius 1 is 1.12 bits per heavy atom. The Bertz CT molecular complexity index is 1030. The first-order valence-corrected chi connectivity index (χ1v) is 7.91. The van der Waals surface area contributed by atoms with E-state index < -0.39 is 11.7 Å². The van der Waals surface area contributed by atoms with E-state index in [-0.39, 0.29) is 18.9 Å². The van der Waals surface area contributed by atoms with E-state index in [0.717, 1.165) is 4.57 Å². The number of hydrogen-bond donors (Lipinski definition) is 0. The molecule has 0 N–H and O–H groups in total. The van der Waals surface area contributed by atoms with Crippen LogP contribution in [0.1, 0.15) is 11.4 Å². The zero-order valence-electron chi connectivity index (χ0n) is 12.9. The van der Waals surface area contributed by atoms with Crippen molar-refractivity contribution in [2.45, 2.75) is 13.1 Å². The van der Waals surface area contributed by atoms with Gasteiger partial charge >= 0.3 is 11.7 Å². The lowest BCUT2D eigenvalue weighted by molar-refractivity contribution is 0.250. The number of fused-ring (bicyclic) bond motifs is 1. The van der Waals surface area contributed by atoms with Crippen LogP contribution < -0.4 is 10.6 Å². The van der Waals surface area contributed by atoms with Gasteiger partial charge in [-0.05, 0) is 42.0 Å². The molecule has 0 atom stereocenters. The van der Waals surface area contributed by atoms with Gasteiger partial charge in [0.1, 0.15) is 5.82 Å². The molecule has 25 heavy (non-hydrogen) atoms. The van der Waals surface area contributed by atoms with Gasteiger partial charge in [-0.2, -0.15) is 9.67 Å². The van der Waals surface area contributed by atoms with Gasteiger partial charge in [0, 0.05) is 10.7 Å². The SMILES string of the molecule is O=C1N(c2ccc(Cl)cc2)Cc2nn(Cc3cccc(F)c3)c(=O)n21. The van der Waals surface area contributed by atoms with Gasteiger partial charge in [0.25, 0.3) is 0 Å². The molecular weight excluding hydrogens is 347 g/mol. The summed E-state index contributed by atoms with van der Waals surface area (Å²) >= 11 is 5.86. The molecule has 6 nitrogen and oxygen atoms in total. The number of halogens is 2. The maximum absolute atomic E-state index is 13.3. The summed E-state index contributed by atoms with van der Waals surface area (Å²) in [4.78, 5) is 26.5. The fraction of sp³-hybridized carbons (Fsp3) is 0.118. The molecule has 3 aromatic rings. The molecule has 0 saturated heterocycles. The minimum Gasteiger partial charge on any atom is -0.286 e. The van der Waals surface area contributed by atoms with Gasteiger partial charge in [-0.1, -0.05) is 23.7 Å². The first-order valence-electron chi connectivity index (χ1n) is 7.53. The standard InChI is InChI=1S/C17H12ClFN4O2/c18-12-4-6-14(7-5-12)21-10-15-20-22(17(25)23(15)16(21)24)9-11-2-1-3-13(19)8-11/h1-8H,9-10H2. The molecule has 1 amide bonds. The first-order chi connectivity index (χ1) is 12.0. The summed E-state index contributed by atoms with van der Waals surface area (Å²) in [5.74, 6) is -0.0383. The average molecular weight is 359 g/mol. The second-order valence-corrected chi connectivity index (χ2v) is 6.10. The van der Waals surface area contributed by atoms with Crippen LogP contribution in [0.15, 0.2) is 53.3 Å². The number of carbonyl (C=O) groups excluding carboxylic acids is 1. The molecule has 0 aliphatic carbocycles. The molecule has 0 spiro atoms. The second kappa shape index (κ2) is 5.86. The molecule has 2 aromatic carbocycles. The van der Waals surface area contributed by atoms with Crippen molar-refractivity contribution in [3.63, 3.8) is 0 Å². The topological polar surface area (TPSA) is 60.1 Å². The fourth-order valence-corrected chi connectivity index (χ4v) is 2.94. The molecule has 4 rings (SSSR count). The summed E-state index contributed by atoms with van der Waals surface area (Å²) < 4.78 is 15.5. The van der Waals surface area contributed by atoms with Gasteiger partial charge in [-0.25, -0.2) is 18.7 Å². The lowest BCUT2D eigenvalue weighted by Gasteiger charge is -2.14. The van der Waals surface area contributed by atoms with Crippen LogP contribution in [0.25, 0.3) is 0 Å². The lowest BCUT2D eigenvalue weighted by atomic mass is 10.2. The monoisotopic (exact) mass is 358 g/mol. The van der Waals surface area contributed by atoms with Crippen molar-refractivity contribution in [2.24, 2.45) is 0 Å². The van der Waals surface area contributed by atoms with Crippen LogP contribution in [-0.2, 0) is 13.1 Å². The third-order valence-electron chi connectivity index (χ3n) is 3.99. The van der Waals surface area contributed by atoms with Gasteiger partial charge in [-0.15, -0.1) is 0 Å². The number of aromatic nitrogens is 3. The maximum atomic E-state index is 13.3. The average Bonchev–Trinajstić information content (AvgIpc) is 3.06. The summed E-state index contributed by atoms with van der Waals surface area (Å²) in [6, 6.07) is 12.2. The van der Waals surface area contributed by atoms with E-state index in [1.807, 2.05) is 0 Å². The number of rotatable bonds is 3. The number of hydrogen-bond acceptors (Lipinski definition) is 3. The van der Waals surface area contributed by atoms with E-state index in [1.165, 1.54) is 21.7 Å². The molecule has 0 bridgehead atoms. The Hall–Kier alpha value is -2.93. The van der Waals surface area contributed by atoms with Crippen LogP contribution in [0.4, 0.5) is 14.9 Å². The van der Waals surface area contributed by atoms with Gasteiger partial charge in [0.05, 0.1) is 13.1 Å². The van der Waals surface area contributed by atoms with Crippen molar-refractivity contribution >= 4 is 23.3 Å². The number of amides is 1. The van der Waals surface area contributed by atoms with Crippen LogP contribution in [0.2, 0.25) is 5.02 Å². The summed E-state index contributed by atoms with van der Waals surface area (Å²) in [5, 5.41) is 4.78. The molecule has 1 aliphatic heterocycles. The van der Waals surface area contributed by atoms with Gasteiger partial charge < -0.3 is 0 Å². The molecule has 0 radical (unpaired) electrons. The molecule has 0 fully saturated rings. The third kappa shape index (κ3) is 2.72. The summed E-state index contributed by atoms with van der Waals surface area (Å²) in [6.45, 7) is 0.288. The Kier molecular flexibility index (Phi) is 3.65. The highest BCUT2D eigenvalue weighted by Crippen LogP contribution is 2.24. The lowest BCUT2D eigenvalue weighted by Crippen LogP contribution is -2.35. The van der Waals surface area contributed by atoms with E-state index in [0.29, 0.717) is 22.1 Å². The summed E-state index contributed by atoms with van der Waals surface area (Å²) in [6.07, 6.45) is 0. The third-order valence-corrected chi connectivity index (χ3v) is 4.24. The molecule has 0 saturated carbocycles. The van der Waals surface area contributed by atoms with Crippen molar-refractivity contribution in [3.05, 3.63) is 81.2 Å². The van der Waals surface area contributed by atoms with Gasteiger partial charge in [-0.3, -0.25) is 4.90 Å². The highest BCUT2D eigenvalue weighted by atomic mass is 35.5. The molecule has 2 heterocycles. The molecule has 1 aromatic heterocycles. The number of nitrogens with zero attached hydrogens (tertiary/aromatic N) is 4. The summed E-state index contributed by atoms with van der Waals surface area (Å²) in [7, 11) is 0. The minimum absolute atomic E-state index is 0.102. The van der Waals surface area contributed by atoms with Gasteiger partial charge in [0.2, 0.25) is 0 Å². The zero-order chi connectivity index (χ0) is 17.6. The van der Waals surface area contributed by atoms with E-state index >= 15 is 0 Å². The highest BCUT2D eigenvalue weighted by Gasteiger charge is 2.33. The van der Waals surface area contributed by atoms with Crippen LogP contribution in [-0.4, -0.2) is 20.4 Å². The molecule has 1 aliphatic rings. The van der Waals surface area contributed by atoms with Crippen LogP contribution in [0, 0.1) is 5.82 Å². The molecule has 0 unspecified atom stereocenters. The highest BCUT2D eigenvalue weighted by molar-refractivity contribution is 6.30. The predicted octanol–water partition coefficient (Wildman–Crippen LogP) is 2.87. The molecule has 8 heteroatoms. The largest absolute Gasteiger partial charge is 0.354 e. The molecule has 126 valence electrons. The Morgan fingerprint density at radius 3 is 2.56 bits per heavy atom. The van der Waals surface area contributed by atoms with E-state index in [1.54, 1.807) is 36.4 Å². The van der Waals surface area contributed by atoms with Crippen molar-refractivity contribution in [2.75, 3.05) is 4.90 Å². The fourth-order valence-electron chi connectivity index (χ4n) is 2.81. The maximum Gasteiger partial charge on any atom is 0.354 e. The van der Waals surface area contributed by atoms with Crippen LogP contribution >= 0.6 is 11.6 Å². The van der Waals surface area contributed by atoms with Crippen molar-refractivity contribution in [1.29, 1.82) is 0 Å². The van der Waals surface area contributed by atoms with E-state index in [4.69, 9.17) is 11.6 Å². The smallest absolute Gasteiger partial charge is 0.286 e. The van der Waals surface area contributed by atoms with Crippen LogP contribution in [0.3, 0.4) is 0 Å². The molecular formula is C17H12ClFN4O2. The summed E-state index contributed by atoms with van der Waals surface area (Å²) in [5.41, 5.74) is 0.692. The van der Waals surface area contributed by atoms with Crippen molar-refractivity contribution < 1.29 is 9.18 Å². The Morgan fingerprint density at radius 2 is 1.88 bits per heavy atom. The quantitative estimate of drug-likeness (QED) is 0.723. The van der Waals surface area contributed by atoms with E-state index in [2.05, 4.69) is 5.10 Å². The normalized spacial score (nSPS) is 13.4. The Labute approximate surface area is 146 Å². The number of carbonyl (C=O) groups is 1. The van der Waals surface area contributed by atoms with Crippen molar-refractivity contribution in [3.8, 4) is 0 Å². The van der Waals surface area contributed by atoms with Gasteiger partial charge in [0.15, 0.2) is 5.82 Å². The zero-order valence-corrected chi connectivity index (χ0v) is 13.7. The number of benzene rings is 2. The van der Waals surface area contributed by atoms with Crippen LogP contribution in [0.5, 0.6) is 0 Å². The minimum atomic E-state index is -0.541. The number of anilines is 1. The predicted molar refractivity (Wildman–Crippen MR) is 90.4 cm³/mol. The van der Waals surface area contributed by atoms with Crippen molar-refractivity contribution in [1.82, 2.24) is 14.3 Å². The second-order valence-electron chi connectivity index (χ2n) is 5.67. The Balaban J connectivity index is 1.64.